The van der Waals surface area contributed by atoms with Crippen LogP contribution in [-0.2, 0) is 4.79 Å². The molecule has 0 unspecified atom stereocenters. The summed E-state index contributed by atoms with van der Waals surface area (Å²) in [6.07, 6.45) is 3.69. The van der Waals surface area contributed by atoms with Crippen molar-refractivity contribution in [3.63, 3.8) is 0 Å². The monoisotopic (exact) mass is 254 g/mol. The van der Waals surface area contributed by atoms with Crippen LogP contribution in [0, 0.1) is 5.92 Å². The van der Waals surface area contributed by atoms with E-state index in [-0.39, 0.29) is 5.91 Å². The van der Waals surface area contributed by atoms with Crippen LogP contribution < -0.4 is 11.1 Å². The molecule has 3 N–H and O–H groups in total. The molecule has 0 aromatic heterocycles. The molecule has 0 atom stereocenters. The van der Waals surface area contributed by atoms with E-state index in [2.05, 4.69) is 24.2 Å². The van der Waals surface area contributed by atoms with Gasteiger partial charge in [0.1, 0.15) is 0 Å². The Morgan fingerprint density at radius 3 is 2.94 bits per heavy atom. The molecule has 5 heteroatoms. The standard InChI is InChI=1S/C13H26N4O/c1-11(2)6-8-16-13(14)15-7-4-10-17-9-3-5-12(17)18/h11H,3-10H2,1-2H3,(H3,14,15,16). The van der Waals surface area contributed by atoms with Crippen LogP contribution in [0.15, 0.2) is 4.99 Å². The number of nitrogens with one attached hydrogen (secondary N) is 1. The number of rotatable bonds is 7. The van der Waals surface area contributed by atoms with Crippen LogP contribution in [0.25, 0.3) is 0 Å². The summed E-state index contributed by atoms with van der Waals surface area (Å²) in [5, 5.41) is 3.10. The zero-order chi connectivity index (χ0) is 13.4. The van der Waals surface area contributed by atoms with E-state index in [1.807, 2.05) is 4.90 Å². The van der Waals surface area contributed by atoms with Gasteiger partial charge in [0.15, 0.2) is 5.96 Å². The molecule has 1 saturated heterocycles. The van der Waals surface area contributed by atoms with Crippen molar-refractivity contribution < 1.29 is 4.79 Å². The highest BCUT2D eigenvalue weighted by Crippen LogP contribution is 2.09. The first-order valence-corrected chi connectivity index (χ1v) is 6.91. The third-order valence-corrected chi connectivity index (χ3v) is 3.07. The summed E-state index contributed by atoms with van der Waals surface area (Å²) in [5.74, 6) is 1.47. The Bertz CT molecular complexity index is 289. The van der Waals surface area contributed by atoms with Crippen molar-refractivity contribution in [3.8, 4) is 0 Å². The van der Waals surface area contributed by atoms with E-state index >= 15 is 0 Å². The van der Waals surface area contributed by atoms with Crippen LogP contribution in [0.4, 0.5) is 0 Å². The molecule has 5 nitrogen and oxygen atoms in total. The Morgan fingerprint density at radius 1 is 1.56 bits per heavy atom. The maximum atomic E-state index is 11.4. The fourth-order valence-electron chi connectivity index (χ4n) is 1.95. The molecule has 104 valence electrons. The quantitative estimate of drug-likeness (QED) is 0.404. The van der Waals surface area contributed by atoms with E-state index in [4.69, 9.17) is 5.73 Å². The summed E-state index contributed by atoms with van der Waals surface area (Å²) in [5.41, 5.74) is 5.74. The van der Waals surface area contributed by atoms with Gasteiger partial charge in [-0.25, -0.2) is 0 Å². The highest BCUT2D eigenvalue weighted by Gasteiger charge is 2.18. The van der Waals surface area contributed by atoms with Gasteiger partial charge in [-0.2, -0.15) is 0 Å². The molecule has 0 aromatic rings. The smallest absolute Gasteiger partial charge is 0.222 e. The third kappa shape index (κ3) is 5.89. The molecular weight excluding hydrogens is 228 g/mol. The number of aliphatic imine (C=N–C) groups is 1. The van der Waals surface area contributed by atoms with Gasteiger partial charge in [0.05, 0.1) is 0 Å². The fourth-order valence-corrected chi connectivity index (χ4v) is 1.95. The third-order valence-electron chi connectivity index (χ3n) is 3.07. The molecule has 0 bridgehead atoms. The maximum Gasteiger partial charge on any atom is 0.222 e. The van der Waals surface area contributed by atoms with Crippen LogP contribution in [0.2, 0.25) is 0 Å². The van der Waals surface area contributed by atoms with Crippen molar-refractivity contribution in [1.29, 1.82) is 0 Å². The largest absolute Gasteiger partial charge is 0.370 e. The van der Waals surface area contributed by atoms with E-state index in [1.54, 1.807) is 0 Å². The molecule has 1 rings (SSSR count). The van der Waals surface area contributed by atoms with Gasteiger partial charge in [0, 0.05) is 32.6 Å². The molecule has 1 heterocycles. The van der Waals surface area contributed by atoms with Gasteiger partial charge in [0.25, 0.3) is 0 Å². The van der Waals surface area contributed by atoms with Crippen molar-refractivity contribution in [1.82, 2.24) is 10.2 Å². The van der Waals surface area contributed by atoms with Crippen LogP contribution >= 0.6 is 0 Å². The fraction of sp³-hybridized carbons (Fsp3) is 0.846. The molecule has 0 saturated carbocycles. The molecule has 1 fully saturated rings. The number of nitrogens with zero attached hydrogens (tertiary/aromatic N) is 2. The highest BCUT2D eigenvalue weighted by molar-refractivity contribution is 5.78. The number of hydrogen-bond donors (Lipinski definition) is 2. The lowest BCUT2D eigenvalue weighted by molar-refractivity contribution is -0.127. The van der Waals surface area contributed by atoms with Gasteiger partial charge >= 0.3 is 0 Å². The van der Waals surface area contributed by atoms with Gasteiger partial charge < -0.3 is 16.0 Å². The second kappa shape index (κ2) is 7.95. The molecule has 1 aliphatic heterocycles. The first-order chi connectivity index (χ1) is 8.59. The first kappa shape index (κ1) is 14.8. The zero-order valence-corrected chi connectivity index (χ0v) is 11.6. The lowest BCUT2D eigenvalue weighted by Gasteiger charge is -2.14. The van der Waals surface area contributed by atoms with Crippen LogP contribution in [0.5, 0.6) is 0 Å². The normalized spacial score (nSPS) is 16.7. The van der Waals surface area contributed by atoms with Crippen LogP contribution in [0.1, 0.15) is 39.5 Å². The summed E-state index contributed by atoms with van der Waals surface area (Å²) in [4.78, 5) is 17.5. The van der Waals surface area contributed by atoms with Gasteiger partial charge in [-0.1, -0.05) is 13.8 Å². The van der Waals surface area contributed by atoms with Crippen LogP contribution in [-0.4, -0.2) is 42.9 Å². The summed E-state index contributed by atoms with van der Waals surface area (Å²) >= 11 is 0. The molecule has 0 radical (unpaired) electrons. The zero-order valence-electron chi connectivity index (χ0n) is 11.6. The Balaban J connectivity index is 2.06. The number of hydrogen-bond acceptors (Lipinski definition) is 2. The summed E-state index contributed by atoms with van der Waals surface area (Å²) in [6.45, 7) is 7.64. The van der Waals surface area contributed by atoms with Crippen molar-refractivity contribution >= 4 is 11.9 Å². The molecule has 0 spiro atoms. The number of amides is 1. The second-order valence-corrected chi connectivity index (χ2v) is 5.21. The molecular formula is C13H26N4O. The number of likely N-dealkylation sites (tertiary alicyclic amines) is 1. The molecule has 18 heavy (non-hydrogen) atoms. The Morgan fingerprint density at radius 2 is 2.33 bits per heavy atom. The van der Waals surface area contributed by atoms with Gasteiger partial charge in [-0.05, 0) is 25.2 Å². The summed E-state index contributed by atoms with van der Waals surface area (Å²) in [6, 6.07) is 0. The number of carbonyl (C=O) groups excluding carboxylic acids is 1. The van der Waals surface area contributed by atoms with Crippen molar-refractivity contribution in [2.75, 3.05) is 26.2 Å². The van der Waals surface area contributed by atoms with Gasteiger partial charge in [0.2, 0.25) is 5.91 Å². The lowest BCUT2D eigenvalue weighted by Crippen LogP contribution is -2.33. The Labute approximate surface area is 110 Å². The van der Waals surface area contributed by atoms with E-state index in [1.165, 1.54) is 0 Å². The highest BCUT2D eigenvalue weighted by atomic mass is 16.2. The average molecular weight is 254 g/mol. The van der Waals surface area contributed by atoms with Crippen molar-refractivity contribution in [3.05, 3.63) is 0 Å². The minimum Gasteiger partial charge on any atom is -0.370 e. The second-order valence-electron chi connectivity index (χ2n) is 5.21. The average Bonchev–Trinajstić information content (AvgIpc) is 2.70. The topological polar surface area (TPSA) is 70.7 Å². The van der Waals surface area contributed by atoms with E-state index in [0.717, 1.165) is 38.9 Å². The predicted molar refractivity (Wildman–Crippen MR) is 74.4 cm³/mol. The van der Waals surface area contributed by atoms with E-state index < -0.39 is 0 Å². The molecule has 1 amide bonds. The maximum absolute atomic E-state index is 11.4. The van der Waals surface area contributed by atoms with Gasteiger partial charge in [-0.3, -0.25) is 9.79 Å². The minimum absolute atomic E-state index is 0.280. The predicted octanol–water partition coefficient (Wildman–Crippen LogP) is 0.949. The number of nitrogens with two attached hydrogens (primary N) is 1. The van der Waals surface area contributed by atoms with Crippen LogP contribution in [0.3, 0.4) is 0 Å². The SMILES string of the molecule is CC(C)CCNC(N)=NCCCN1CCCC1=O. The Hall–Kier alpha value is -1.26. The molecule has 0 aliphatic carbocycles. The van der Waals surface area contributed by atoms with E-state index in [9.17, 15) is 4.79 Å². The first-order valence-electron chi connectivity index (χ1n) is 6.91. The lowest BCUT2D eigenvalue weighted by atomic mass is 10.1. The van der Waals surface area contributed by atoms with Gasteiger partial charge in [-0.15, -0.1) is 0 Å². The number of guanidine groups is 1. The number of carbonyl (C=O) groups is 1. The van der Waals surface area contributed by atoms with Crippen molar-refractivity contribution in [2.24, 2.45) is 16.6 Å². The van der Waals surface area contributed by atoms with Crippen molar-refractivity contribution in [2.45, 2.75) is 39.5 Å². The van der Waals surface area contributed by atoms with E-state index in [0.29, 0.717) is 24.8 Å². The minimum atomic E-state index is 0.280. The Kier molecular flexibility index (Phi) is 6.54. The summed E-state index contributed by atoms with van der Waals surface area (Å²) < 4.78 is 0. The molecule has 1 aliphatic rings. The summed E-state index contributed by atoms with van der Waals surface area (Å²) in [7, 11) is 0. The molecule has 0 aromatic carbocycles.